The summed E-state index contributed by atoms with van der Waals surface area (Å²) >= 11 is 1.53. The Kier molecular flexibility index (Phi) is 4.01. The van der Waals surface area contributed by atoms with Crippen molar-refractivity contribution >= 4 is 35.1 Å². The standard InChI is InChI=1S/C10H15BN2O3S/c1-2-16-9(14)7-8(17-10(11)12-7)13-3-5-15-6-4-13/h2-6,11H2,1H3. The average molecular weight is 254 g/mol. The number of aromatic nitrogens is 1. The van der Waals surface area contributed by atoms with Gasteiger partial charge in [0.2, 0.25) is 0 Å². The molecule has 5 nitrogen and oxygen atoms in total. The summed E-state index contributed by atoms with van der Waals surface area (Å²) in [5.74, 6) is -0.335. The first-order valence-corrected chi connectivity index (χ1v) is 6.51. The fourth-order valence-electron chi connectivity index (χ4n) is 1.73. The van der Waals surface area contributed by atoms with E-state index in [9.17, 15) is 4.79 Å². The minimum Gasteiger partial charge on any atom is -0.461 e. The third-order valence-electron chi connectivity index (χ3n) is 2.48. The SMILES string of the molecule is Bc1nc(C(=O)OCC)c(N2CCOCC2)s1. The Labute approximate surface area is 105 Å². The minimum atomic E-state index is -0.335. The van der Waals surface area contributed by atoms with Crippen LogP contribution in [0.4, 0.5) is 5.00 Å². The number of nitrogens with zero attached hydrogens (tertiary/aromatic N) is 2. The number of ether oxygens (including phenoxy) is 2. The molecule has 17 heavy (non-hydrogen) atoms. The van der Waals surface area contributed by atoms with Gasteiger partial charge in [0.1, 0.15) is 5.00 Å². The maximum atomic E-state index is 11.8. The van der Waals surface area contributed by atoms with E-state index in [1.807, 2.05) is 7.85 Å². The van der Waals surface area contributed by atoms with Crippen LogP contribution < -0.4 is 9.81 Å². The second-order valence-electron chi connectivity index (χ2n) is 3.71. The first-order chi connectivity index (χ1) is 8.22. The smallest absolute Gasteiger partial charge is 0.359 e. The molecule has 1 aliphatic rings. The predicted octanol–water partition coefficient (Wildman–Crippen LogP) is -0.585. The van der Waals surface area contributed by atoms with Crippen molar-refractivity contribution in [2.24, 2.45) is 0 Å². The zero-order valence-corrected chi connectivity index (χ0v) is 10.9. The van der Waals surface area contributed by atoms with Gasteiger partial charge in [-0.3, -0.25) is 0 Å². The number of rotatable bonds is 3. The summed E-state index contributed by atoms with van der Waals surface area (Å²) in [5.41, 5.74) is 0.441. The van der Waals surface area contributed by atoms with Crippen molar-refractivity contribution in [3.8, 4) is 0 Å². The number of hydrogen-bond acceptors (Lipinski definition) is 6. The second kappa shape index (κ2) is 5.51. The molecule has 0 saturated carbocycles. The molecule has 1 saturated heterocycles. The van der Waals surface area contributed by atoms with Crippen molar-refractivity contribution < 1.29 is 14.3 Å². The van der Waals surface area contributed by atoms with E-state index < -0.39 is 0 Å². The lowest BCUT2D eigenvalue weighted by molar-refractivity contribution is 0.0520. The molecule has 1 aliphatic heterocycles. The molecule has 1 aromatic heterocycles. The highest BCUT2D eigenvalue weighted by Gasteiger charge is 2.23. The lowest BCUT2D eigenvalue weighted by atomic mass is 10.2. The zero-order valence-electron chi connectivity index (χ0n) is 10.1. The van der Waals surface area contributed by atoms with Crippen LogP contribution >= 0.6 is 11.3 Å². The summed E-state index contributed by atoms with van der Waals surface area (Å²) in [6.45, 7) is 5.16. The molecule has 0 bridgehead atoms. The Balaban J connectivity index is 2.22. The summed E-state index contributed by atoms with van der Waals surface area (Å²) in [5, 5.41) is 0.907. The number of hydrogen-bond donors (Lipinski definition) is 0. The maximum Gasteiger partial charge on any atom is 0.359 e. The lowest BCUT2D eigenvalue weighted by Gasteiger charge is -2.27. The highest BCUT2D eigenvalue weighted by Crippen LogP contribution is 2.25. The van der Waals surface area contributed by atoms with E-state index in [4.69, 9.17) is 9.47 Å². The fraction of sp³-hybridized carbons (Fsp3) is 0.600. The summed E-state index contributed by atoms with van der Waals surface area (Å²) < 4.78 is 10.3. The largest absolute Gasteiger partial charge is 0.461 e. The van der Waals surface area contributed by atoms with E-state index in [1.54, 1.807) is 6.92 Å². The first-order valence-electron chi connectivity index (χ1n) is 5.69. The van der Waals surface area contributed by atoms with Crippen LogP contribution in [0.1, 0.15) is 17.4 Å². The molecule has 7 heteroatoms. The molecule has 2 rings (SSSR count). The quantitative estimate of drug-likeness (QED) is 0.533. The Morgan fingerprint density at radius 2 is 2.29 bits per heavy atom. The molecule has 0 spiro atoms. The molecule has 0 atom stereocenters. The number of carbonyl (C=O) groups is 1. The normalized spacial score (nSPS) is 15.9. The summed E-state index contributed by atoms with van der Waals surface area (Å²) in [6, 6.07) is 0. The third kappa shape index (κ3) is 2.78. The van der Waals surface area contributed by atoms with Gasteiger partial charge in [-0.1, -0.05) is 0 Å². The van der Waals surface area contributed by atoms with Crippen molar-refractivity contribution in [2.45, 2.75) is 6.92 Å². The van der Waals surface area contributed by atoms with E-state index in [2.05, 4.69) is 9.88 Å². The maximum absolute atomic E-state index is 11.8. The molecule has 0 aromatic carbocycles. The van der Waals surface area contributed by atoms with Gasteiger partial charge in [0.05, 0.1) is 19.8 Å². The molecule has 0 unspecified atom stereocenters. The van der Waals surface area contributed by atoms with Gasteiger partial charge in [-0.05, 0) is 6.92 Å². The Morgan fingerprint density at radius 1 is 1.59 bits per heavy atom. The van der Waals surface area contributed by atoms with Crippen molar-refractivity contribution in [1.29, 1.82) is 0 Å². The van der Waals surface area contributed by atoms with Gasteiger partial charge in [-0.15, -0.1) is 11.3 Å². The number of carbonyl (C=O) groups excluding carboxylic acids is 1. The highest BCUT2D eigenvalue weighted by molar-refractivity contribution is 7.23. The van der Waals surface area contributed by atoms with Crippen LogP contribution in [-0.4, -0.2) is 51.7 Å². The van der Waals surface area contributed by atoms with Crippen LogP contribution in [0.5, 0.6) is 0 Å². The summed E-state index contributed by atoms with van der Waals surface area (Å²) in [7, 11) is 1.90. The monoisotopic (exact) mass is 254 g/mol. The van der Waals surface area contributed by atoms with Gasteiger partial charge in [-0.25, -0.2) is 9.78 Å². The third-order valence-corrected chi connectivity index (χ3v) is 3.51. The lowest BCUT2D eigenvalue weighted by Crippen LogP contribution is -2.36. The van der Waals surface area contributed by atoms with Gasteiger partial charge in [0.25, 0.3) is 0 Å². The number of morpholine rings is 1. The van der Waals surface area contributed by atoms with E-state index in [0.717, 1.165) is 23.0 Å². The van der Waals surface area contributed by atoms with E-state index >= 15 is 0 Å². The van der Waals surface area contributed by atoms with Crippen LogP contribution in [0, 0.1) is 0 Å². The van der Waals surface area contributed by atoms with Crippen LogP contribution in [0.3, 0.4) is 0 Å². The molecule has 0 amide bonds. The minimum absolute atomic E-state index is 0.335. The van der Waals surface area contributed by atoms with E-state index in [-0.39, 0.29) is 5.97 Å². The Hall–Kier alpha value is -1.08. The van der Waals surface area contributed by atoms with Crippen LogP contribution in [-0.2, 0) is 9.47 Å². The summed E-state index contributed by atoms with van der Waals surface area (Å²) in [4.78, 5) is 19.1. The fourth-order valence-corrected chi connectivity index (χ4v) is 2.68. The van der Waals surface area contributed by atoms with Crippen molar-refractivity contribution in [3.05, 3.63) is 5.69 Å². The molecule has 0 radical (unpaired) electrons. The Morgan fingerprint density at radius 3 is 2.94 bits per heavy atom. The van der Waals surface area contributed by atoms with Crippen molar-refractivity contribution in [2.75, 3.05) is 37.8 Å². The molecule has 1 aromatic rings. The topological polar surface area (TPSA) is 51.7 Å². The average Bonchev–Trinajstić information content (AvgIpc) is 2.73. The molecular formula is C10H15BN2O3S. The van der Waals surface area contributed by atoms with E-state index in [1.165, 1.54) is 11.3 Å². The molecule has 92 valence electrons. The molecule has 0 N–H and O–H groups in total. The molecule has 0 aliphatic carbocycles. The van der Waals surface area contributed by atoms with Gasteiger partial charge in [0.15, 0.2) is 13.5 Å². The van der Waals surface area contributed by atoms with Crippen LogP contribution in [0.15, 0.2) is 0 Å². The number of thiazole rings is 1. The zero-order chi connectivity index (χ0) is 12.3. The van der Waals surface area contributed by atoms with Crippen LogP contribution in [0.25, 0.3) is 0 Å². The van der Waals surface area contributed by atoms with Gasteiger partial charge < -0.3 is 14.4 Å². The molecule has 2 heterocycles. The van der Waals surface area contributed by atoms with Gasteiger partial charge in [-0.2, -0.15) is 0 Å². The molecule has 1 fully saturated rings. The second-order valence-corrected chi connectivity index (χ2v) is 4.89. The van der Waals surface area contributed by atoms with Gasteiger partial charge >= 0.3 is 5.97 Å². The highest BCUT2D eigenvalue weighted by atomic mass is 32.1. The molecular weight excluding hydrogens is 239 g/mol. The van der Waals surface area contributed by atoms with Crippen molar-refractivity contribution in [3.63, 3.8) is 0 Å². The summed E-state index contributed by atoms with van der Waals surface area (Å²) in [6.07, 6.45) is 0. The number of esters is 1. The number of anilines is 1. The van der Waals surface area contributed by atoms with Crippen LogP contribution in [0.2, 0.25) is 0 Å². The first kappa shape index (κ1) is 12.4. The van der Waals surface area contributed by atoms with Crippen molar-refractivity contribution in [1.82, 2.24) is 4.98 Å². The van der Waals surface area contributed by atoms with Gasteiger partial charge in [0, 0.05) is 18.0 Å². The predicted molar refractivity (Wildman–Crippen MR) is 69.3 cm³/mol. The Bertz CT molecular complexity index is 404. The van der Waals surface area contributed by atoms with E-state index in [0.29, 0.717) is 25.5 Å².